The normalized spacial score (nSPS) is 11.7. The van der Waals surface area contributed by atoms with E-state index in [1.165, 1.54) is 47.3 Å². The average Bonchev–Trinajstić information content (AvgIpc) is 3.88. The molecule has 4 nitrogen and oxygen atoms in total. The third-order valence-electron chi connectivity index (χ3n) is 11.6. The summed E-state index contributed by atoms with van der Waals surface area (Å²) in [4.78, 5) is 15.9. The Morgan fingerprint density at radius 1 is 0.350 bits per heavy atom. The van der Waals surface area contributed by atoms with E-state index in [0.29, 0.717) is 17.5 Å². The molecule has 0 N–H and O–H groups in total. The van der Waals surface area contributed by atoms with E-state index in [0.717, 1.165) is 50.1 Å². The first kappa shape index (κ1) is 34.3. The molecule has 9 aromatic carbocycles. The molecule has 0 aliphatic rings. The molecule has 3 heterocycles. The molecule has 12 aromatic rings. The van der Waals surface area contributed by atoms with E-state index in [4.69, 9.17) is 15.0 Å². The molecule has 0 radical (unpaired) electrons. The van der Waals surface area contributed by atoms with Crippen LogP contribution in [0.2, 0.25) is 0 Å². The van der Waals surface area contributed by atoms with Crippen LogP contribution in [0.4, 0.5) is 0 Å². The largest absolute Gasteiger partial charge is 0.308 e. The summed E-state index contributed by atoms with van der Waals surface area (Å²) in [5.41, 5.74) is 10.6. The van der Waals surface area contributed by atoms with Crippen LogP contribution < -0.4 is 0 Å². The standard InChI is InChI=1S/C55H34N4S/c1-3-16-35(17-4-1)37-30-31-44(49(34-37)59-47-27-12-9-24-42(47)43-25-10-13-28-48(43)59)55-57-53(36-18-5-2-6-19-36)56-54(58-55)40-22-15-21-38(32-40)46-33-39-20-7-8-23-41(39)51-45-26-11-14-29-50(45)60-52(46)51/h1-34H. The van der Waals surface area contributed by atoms with Crippen LogP contribution in [0.3, 0.4) is 0 Å². The SMILES string of the molecule is c1ccc(-c2ccc(-c3nc(-c4ccccc4)nc(-c4cccc(-c5cc6ccccc6c6c5sc5ccccc56)c4)n3)c(-n3c4ccccc4c4ccccc43)c2)cc1. The second-order valence-electron chi connectivity index (χ2n) is 15.2. The fourth-order valence-corrected chi connectivity index (χ4v) is 10.1. The van der Waals surface area contributed by atoms with Gasteiger partial charge in [0.2, 0.25) is 0 Å². The molecule has 0 aliphatic heterocycles. The monoisotopic (exact) mass is 782 g/mol. The minimum atomic E-state index is 0.610. The van der Waals surface area contributed by atoms with Gasteiger partial charge in [0.1, 0.15) is 0 Å². The Balaban J connectivity index is 1.10. The van der Waals surface area contributed by atoms with Gasteiger partial charge in [0.15, 0.2) is 17.5 Å². The van der Waals surface area contributed by atoms with Crippen molar-refractivity contribution >= 4 is 64.1 Å². The average molecular weight is 783 g/mol. The maximum Gasteiger partial charge on any atom is 0.166 e. The summed E-state index contributed by atoms with van der Waals surface area (Å²) < 4.78 is 4.94. The van der Waals surface area contributed by atoms with Crippen LogP contribution in [0, 0.1) is 0 Å². The number of hydrogen-bond acceptors (Lipinski definition) is 4. The maximum absolute atomic E-state index is 5.38. The number of hydrogen-bond donors (Lipinski definition) is 0. The van der Waals surface area contributed by atoms with Crippen molar-refractivity contribution in [2.75, 3.05) is 0 Å². The van der Waals surface area contributed by atoms with Crippen LogP contribution in [-0.4, -0.2) is 19.5 Å². The molecule has 0 bridgehead atoms. The first-order chi connectivity index (χ1) is 29.7. The lowest BCUT2D eigenvalue weighted by atomic mass is 9.96. The molecular formula is C55H34N4S. The second-order valence-corrected chi connectivity index (χ2v) is 16.2. The van der Waals surface area contributed by atoms with Crippen molar-refractivity contribution in [2.24, 2.45) is 0 Å². The van der Waals surface area contributed by atoms with Crippen molar-refractivity contribution < 1.29 is 0 Å². The Bertz CT molecular complexity index is 3550. The maximum atomic E-state index is 5.38. The number of fused-ring (bicyclic) bond motifs is 8. The van der Waals surface area contributed by atoms with Crippen LogP contribution in [0.5, 0.6) is 0 Å². The Morgan fingerprint density at radius 3 is 1.67 bits per heavy atom. The molecule has 5 heteroatoms. The van der Waals surface area contributed by atoms with Crippen LogP contribution >= 0.6 is 11.3 Å². The lowest BCUT2D eigenvalue weighted by molar-refractivity contribution is 1.06. The number of aromatic nitrogens is 4. The van der Waals surface area contributed by atoms with Gasteiger partial charge in [-0.3, -0.25) is 0 Å². The molecule has 60 heavy (non-hydrogen) atoms. The highest BCUT2D eigenvalue weighted by Gasteiger charge is 2.21. The summed E-state index contributed by atoms with van der Waals surface area (Å²) in [6, 6.07) is 73.2. The van der Waals surface area contributed by atoms with E-state index >= 15 is 0 Å². The van der Waals surface area contributed by atoms with E-state index in [9.17, 15) is 0 Å². The van der Waals surface area contributed by atoms with E-state index in [2.05, 4.69) is 193 Å². The molecule has 280 valence electrons. The number of benzene rings is 9. The number of rotatable bonds is 6. The number of para-hydroxylation sites is 2. The summed E-state index contributed by atoms with van der Waals surface area (Å²) >= 11 is 1.86. The van der Waals surface area contributed by atoms with Gasteiger partial charge < -0.3 is 4.57 Å². The van der Waals surface area contributed by atoms with E-state index in [-0.39, 0.29) is 0 Å². The van der Waals surface area contributed by atoms with Crippen molar-refractivity contribution in [3.8, 4) is 62.1 Å². The molecule has 0 saturated heterocycles. The van der Waals surface area contributed by atoms with Gasteiger partial charge in [-0.15, -0.1) is 11.3 Å². The molecular weight excluding hydrogens is 749 g/mol. The molecule has 12 rings (SSSR count). The van der Waals surface area contributed by atoms with Gasteiger partial charge in [0.25, 0.3) is 0 Å². The Morgan fingerprint density at radius 2 is 0.917 bits per heavy atom. The van der Waals surface area contributed by atoms with Gasteiger partial charge in [-0.2, -0.15) is 0 Å². The van der Waals surface area contributed by atoms with Crippen LogP contribution in [0.25, 0.3) is 115 Å². The van der Waals surface area contributed by atoms with E-state index < -0.39 is 0 Å². The van der Waals surface area contributed by atoms with E-state index in [1.807, 2.05) is 29.5 Å². The zero-order valence-electron chi connectivity index (χ0n) is 32.3. The van der Waals surface area contributed by atoms with E-state index in [1.54, 1.807) is 0 Å². The van der Waals surface area contributed by atoms with Crippen molar-refractivity contribution in [1.29, 1.82) is 0 Å². The summed E-state index contributed by atoms with van der Waals surface area (Å²) in [5.74, 6) is 1.85. The Labute approximate surface area is 350 Å². The van der Waals surface area contributed by atoms with Gasteiger partial charge in [-0.1, -0.05) is 164 Å². The molecule has 0 aliphatic carbocycles. The predicted molar refractivity (Wildman–Crippen MR) is 252 cm³/mol. The molecule has 0 atom stereocenters. The van der Waals surface area contributed by atoms with Crippen LogP contribution in [-0.2, 0) is 0 Å². The highest BCUT2D eigenvalue weighted by atomic mass is 32.1. The first-order valence-corrected chi connectivity index (χ1v) is 21.0. The molecule has 0 saturated carbocycles. The smallest absolute Gasteiger partial charge is 0.166 e. The molecule has 0 spiro atoms. The fraction of sp³-hybridized carbons (Fsp3) is 0. The first-order valence-electron chi connectivity index (χ1n) is 20.2. The summed E-state index contributed by atoms with van der Waals surface area (Å²) in [5, 5.41) is 7.49. The van der Waals surface area contributed by atoms with Gasteiger partial charge in [0.05, 0.1) is 16.7 Å². The van der Waals surface area contributed by atoms with Crippen LogP contribution in [0.15, 0.2) is 206 Å². The number of nitrogens with zero attached hydrogens (tertiary/aromatic N) is 4. The summed E-state index contributed by atoms with van der Waals surface area (Å²) in [7, 11) is 0. The predicted octanol–water partition coefficient (Wildman–Crippen LogP) is 14.8. The van der Waals surface area contributed by atoms with Crippen molar-refractivity contribution in [1.82, 2.24) is 19.5 Å². The van der Waals surface area contributed by atoms with Gasteiger partial charge in [-0.25, -0.2) is 15.0 Å². The van der Waals surface area contributed by atoms with Crippen molar-refractivity contribution in [3.63, 3.8) is 0 Å². The lowest BCUT2D eigenvalue weighted by Gasteiger charge is -2.16. The van der Waals surface area contributed by atoms with Gasteiger partial charge in [-0.05, 0) is 69.9 Å². The summed E-state index contributed by atoms with van der Waals surface area (Å²) in [6.45, 7) is 0. The topological polar surface area (TPSA) is 43.6 Å². The summed E-state index contributed by atoms with van der Waals surface area (Å²) in [6.07, 6.45) is 0. The lowest BCUT2D eigenvalue weighted by Crippen LogP contribution is -2.04. The molecule has 0 unspecified atom stereocenters. The fourth-order valence-electron chi connectivity index (χ4n) is 8.85. The van der Waals surface area contributed by atoms with Crippen molar-refractivity contribution in [2.45, 2.75) is 0 Å². The third kappa shape index (κ3) is 5.63. The second kappa shape index (κ2) is 14.0. The minimum absolute atomic E-state index is 0.610. The zero-order chi connectivity index (χ0) is 39.6. The van der Waals surface area contributed by atoms with Gasteiger partial charge in [0, 0.05) is 53.2 Å². The molecule has 0 amide bonds. The Hall–Kier alpha value is -7.73. The molecule has 0 fully saturated rings. The third-order valence-corrected chi connectivity index (χ3v) is 12.8. The van der Waals surface area contributed by atoms with Gasteiger partial charge >= 0.3 is 0 Å². The van der Waals surface area contributed by atoms with Crippen molar-refractivity contribution in [3.05, 3.63) is 206 Å². The molecule has 3 aromatic heterocycles. The number of thiophene rings is 1. The van der Waals surface area contributed by atoms with Crippen LogP contribution in [0.1, 0.15) is 0 Å². The minimum Gasteiger partial charge on any atom is -0.308 e. The highest BCUT2D eigenvalue weighted by molar-refractivity contribution is 7.26. The zero-order valence-corrected chi connectivity index (χ0v) is 33.1. The Kier molecular flexibility index (Phi) is 8.00. The quantitative estimate of drug-likeness (QED) is 0.169. The highest BCUT2D eigenvalue weighted by Crippen LogP contribution is 2.45.